The van der Waals surface area contributed by atoms with Crippen LogP contribution in [0.4, 0.5) is 0 Å². The van der Waals surface area contributed by atoms with Gasteiger partial charge in [0.15, 0.2) is 0 Å². The molecule has 0 radical (unpaired) electrons. The van der Waals surface area contributed by atoms with Gasteiger partial charge in [-0.05, 0) is 30.4 Å². The minimum absolute atomic E-state index is 0.0109. The molecule has 2 aliphatic rings. The van der Waals surface area contributed by atoms with Gasteiger partial charge in [-0.25, -0.2) is 0 Å². The quantitative estimate of drug-likeness (QED) is 0.893. The van der Waals surface area contributed by atoms with Gasteiger partial charge in [-0.15, -0.1) is 11.3 Å². The van der Waals surface area contributed by atoms with Gasteiger partial charge < -0.3 is 14.7 Å². The van der Waals surface area contributed by atoms with E-state index < -0.39 is 0 Å². The van der Waals surface area contributed by atoms with E-state index in [2.05, 4.69) is 16.3 Å². The lowest BCUT2D eigenvalue weighted by molar-refractivity contribution is -0.138. The first-order valence-electron chi connectivity index (χ1n) is 7.47. The van der Waals surface area contributed by atoms with E-state index in [4.69, 9.17) is 4.74 Å². The first-order valence-corrected chi connectivity index (χ1v) is 8.35. The molecule has 5 nitrogen and oxygen atoms in total. The molecule has 0 saturated carbocycles. The molecule has 0 bridgehead atoms. The fourth-order valence-electron chi connectivity index (χ4n) is 3.12. The smallest absolute Gasteiger partial charge is 0.237 e. The molecule has 1 saturated heterocycles. The molecular formula is C15H22N2O3S. The Morgan fingerprint density at radius 2 is 2.38 bits per heavy atom. The molecule has 0 spiro atoms. The van der Waals surface area contributed by atoms with Crippen LogP contribution in [0.2, 0.25) is 0 Å². The van der Waals surface area contributed by atoms with E-state index in [0.29, 0.717) is 13.1 Å². The fourth-order valence-corrected chi connectivity index (χ4v) is 4.01. The Labute approximate surface area is 129 Å². The number of carbonyl (C=O) groups excluding carboxylic acids is 1. The van der Waals surface area contributed by atoms with Crippen LogP contribution in [0, 0.1) is 0 Å². The lowest BCUT2D eigenvalue weighted by Gasteiger charge is -2.37. The maximum absolute atomic E-state index is 12.5. The van der Waals surface area contributed by atoms with Crippen molar-refractivity contribution in [2.24, 2.45) is 0 Å². The predicted octanol–water partition coefficient (Wildman–Crippen LogP) is 0.714. The second-order valence-electron chi connectivity index (χ2n) is 5.88. The van der Waals surface area contributed by atoms with E-state index in [1.807, 2.05) is 11.8 Å². The summed E-state index contributed by atoms with van der Waals surface area (Å²) < 4.78 is 5.61. The fraction of sp³-hybridized carbons (Fsp3) is 0.667. The number of thiophene rings is 1. The molecule has 0 aliphatic carbocycles. The summed E-state index contributed by atoms with van der Waals surface area (Å²) in [5.41, 5.74) is 1.29. The Morgan fingerprint density at radius 3 is 3.19 bits per heavy atom. The SMILES string of the molecule is CC1CN(CC(=O)N2CCc3sccc3C2)CC(CO)O1. The molecule has 3 rings (SSSR count). The highest BCUT2D eigenvalue weighted by Crippen LogP contribution is 2.24. The Morgan fingerprint density at radius 1 is 1.52 bits per heavy atom. The largest absolute Gasteiger partial charge is 0.394 e. The Balaban J connectivity index is 1.57. The number of fused-ring (bicyclic) bond motifs is 1. The van der Waals surface area contributed by atoms with E-state index >= 15 is 0 Å². The van der Waals surface area contributed by atoms with Crippen LogP contribution < -0.4 is 0 Å². The van der Waals surface area contributed by atoms with Crippen molar-refractivity contribution in [3.8, 4) is 0 Å². The number of hydrogen-bond acceptors (Lipinski definition) is 5. The normalized spacial score (nSPS) is 26.7. The zero-order chi connectivity index (χ0) is 14.8. The van der Waals surface area contributed by atoms with Gasteiger partial charge >= 0.3 is 0 Å². The van der Waals surface area contributed by atoms with Crippen molar-refractivity contribution in [2.45, 2.75) is 32.1 Å². The topological polar surface area (TPSA) is 53.0 Å². The number of rotatable bonds is 3. The predicted molar refractivity (Wildman–Crippen MR) is 81.3 cm³/mol. The van der Waals surface area contributed by atoms with Gasteiger partial charge in [-0.3, -0.25) is 9.69 Å². The van der Waals surface area contributed by atoms with Crippen LogP contribution in [0.15, 0.2) is 11.4 Å². The molecule has 1 amide bonds. The van der Waals surface area contributed by atoms with Crippen LogP contribution in [0.5, 0.6) is 0 Å². The van der Waals surface area contributed by atoms with E-state index in [0.717, 1.165) is 26.1 Å². The second-order valence-corrected chi connectivity index (χ2v) is 6.88. The molecule has 1 aromatic heterocycles. The lowest BCUT2D eigenvalue weighted by Crippen LogP contribution is -2.51. The molecular weight excluding hydrogens is 288 g/mol. The van der Waals surface area contributed by atoms with Gasteiger partial charge in [-0.2, -0.15) is 0 Å². The number of aliphatic hydroxyl groups is 1. The van der Waals surface area contributed by atoms with E-state index in [1.54, 1.807) is 11.3 Å². The standard InChI is InChI=1S/C15H22N2O3S/c1-11-6-16(8-13(10-18)20-11)9-15(19)17-4-2-14-12(7-17)3-5-21-14/h3,5,11,13,18H,2,4,6-10H2,1H3. The molecule has 3 heterocycles. The van der Waals surface area contributed by atoms with E-state index in [9.17, 15) is 9.90 Å². The summed E-state index contributed by atoms with van der Waals surface area (Å²) >= 11 is 1.79. The molecule has 1 N–H and O–H groups in total. The molecule has 116 valence electrons. The van der Waals surface area contributed by atoms with Crippen LogP contribution in [0.3, 0.4) is 0 Å². The van der Waals surface area contributed by atoms with Gasteiger partial charge in [0.1, 0.15) is 0 Å². The van der Waals surface area contributed by atoms with Gasteiger partial charge in [0.25, 0.3) is 0 Å². The molecule has 2 atom stereocenters. The van der Waals surface area contributed by atoms with Crippen LogP contribution >= 0.6 is 11.3 Å². The minimum Gasteiger partial charge on any atom is -0.394 e. The van der Waals surface area contributed by atoms with Gasteiger partial charge in [0.05, 0.1) is 25.4 Å². The zero-order valence-electron chi connectivity index (χ0n) is 12.3. The zero-order valence-corrected chi connectivity index (χ0v) is 13.1. The lowest BCUT2D eigenvalue weighted by atomic mass is 10.1. The highest BCUT2D eigenvalue weighted by Gasteiger charge is 2.28. The molecule has 0 aromatic carbocycles. The van der Waals surface area contributed by atoms with E-state index in [-0.39, 0.29) is 24.7 Å². The van der Waals surface area contributed by atoms with Crippen molar-refractivity contribution < 1.29 is 14.6 Å². The average molecular weight is 310 g/mol. The van der Waals surface area contributed by atoms with Crippen molar-refractivity contribution in [3.63, 3.8) is 0 Å². The van der Waals surface area contributed by atoms with Gasteiger partial charge in [-0.1, -0.05) is 0 Å². The van der Waals surface area contributed by atoms with Crippen molar-refractivity contribution in [1.29, 1.82) is 0 Å². The van der Waals surface area contributed by atoms with E-state index in [1.165, 1.54) is 10.4 Å². The number of carbonyl (C=O) groups is 1. The third-order valence-electron chi connectivity index (χ3n) is 4.12. The van der Waals surface area contributed by atoms with Crippen LogP contribution in [-0.4, -0.2) is 65.8 Å². The van der Waals surface area contributed by atoms with Crippen molar-refractivity contribution >= 4 is 17.2 Å². The monoisotopic (exact) mass is 310 g/mol. The molecule has 1 fully saturated rings. The summed E-state index contributed by atoms with van der Waals surface area (Å²) in [5, 5.41) is 11.4. The first kappa shape index (κ1) is 15.0. The third-order valence-corrected chi connectivity index (χ3v) is 5.15. The third kappa shape index (κ3) is 3.45. The van der Waals surface area contributed by atoms with Crippen LogP contribution in [-0.2, 0) is 22.5 Å². The average Bonchev–Trinajstić information content (AvgIpc) is 2.93. The maximum Gasteiger partial charge on any atom is 0.237 e. The van der Waals surface area contributed by atoms with Crippen molar-refractivity contribution in [3.05, 3.63) is 21.9 Å². The number of nitrogens with zero attached hydrogens (tertiary/aromatic N) is 2. The summed E-state index contributed by atoms with van der Waals surface area (Å²) in [6.07, 6.45) is 0.859. The summed E-state index contributed by atoms with van der Waals surface area (Å²) in [6.45, 7) is 5.35. The number of ether oxygens (including phenoxy) is 1. The van der Waals surface area contributed by atoms with Crippen molar-refractivity contribution in [2.75, 3.05) is 32.8 Å². The highest BCUT2D eigenvalue weighted by atomic mass is 32.1. The second kappa shape index (κ2) is 6.44. The summed E-state index contributed by atoms with van der Waals surface area (Å²) in [6, 6.07) is 2.12. The summed E-state index contributed by atoms with van der Waals surface area (Å²) in [4.78, 5) is 17.9. The van der Waals surface area contributed by atoms with Gasteiger partial charge in [0.2, 0.25) is 5.91 Å². The Hall–Kier alpha value is -0.950. The maximum atomic E-state index is 12.5. The minimum atomic E-state index is -0.175. The van der Waals surface area contributed by atoms with Crippen LogP contribution in [0.1, 0.15) is 17.4 Å². The molecule has 6 heteroatoms. The number of amides is 1. The number of morpholine rings is 1. The molecule has 2 unspecified atom stereocenters. The van der Waals surface area contributed by atoms with Gasteiger partial charge in [0, 0.05) is 31.1 Å². The van der Waals surface area contributed by atoms with Crippen LogP contribution in [0.25, 0.3) is 0 Å². The summed E-state index contributed by atoms with van der Waals surface area (Å²) in [7, 11) is 0. The molecule has 2 aliphatic heterocycles. The highest BCUT2D eigenvalue weighted by molar-refractivity contribution is 7.10. The Kier molecular flexibility index (Phi) is 4.59. The first-order chi connectivity index (χ1) is 10.2. The number of hydrogen-bond donors (Lipinski definition) is 1. The van der Waals surface area contributed by atoms with Crippen molar-refractivity contribution in [1.82, 2.24) is 9.80 Å². The summed E-state index contributed by atoms with van der Waals surface area (Å²) in [5.74, 6) is 0.178. The molecule has 1 aromatic rings. The number of aliphatic hydroxyl groups excluding tert-OH is 1. The Bertz CT molecular complexity index is 505. The molecule has 21 heavy (non-hydrogen) atoms.